The Balaban J connectivity index is 1.98. The zero-order chi connectivity index (χ0) is 13.0. The Kier molecular flexibility index (Phi) is 4.10. The number of rotatable bonds is 3. The van der Waals surface area contributed by atoms with E-state index in [9.17, 15) is 4.79 Å². The number of carbonyl (C=O) groups excluding carboxylic acids is 1. The van der Waals surface area contributed by atoms with Crippen LogP contribution >= 0.6 is 11.6 Å². The molecule has 0 aliphatic carbocycles. The van der Waals surface area contributed by atoms with Gasteiger partial charge in [-0.3, -0.25) is 4.79 Å². The van der Waals surface area contributed by atoms with Gasteiger partial charge in [0, 0.05) is 5.02 Å². The summed E-state index contributed by atoms with van der Waals surface area (Å²) in [4.78, 5) is 11.8. The second-order valence-electron chi connectivity index (χ2n) is 3.95. The van der Waals surface area contributed by atoms with Crippen molar-refractivity contribution in [3.63, 3.8) is 0 Å². The number of benzene rings is 1. The Hall–Kier alpha value is -1.68. The van der Waals surface area contributed by atoms with E-state index in [-0.39, 0.29) is 17.7 Å². The highest BCUT2D eigenvalue weighted by Gasteiger charge is 2.17. The number of hydrogen-bond donors (Lipinski definition) is 1. The van der Waals surface area contributed by atoms with E-state index in [1.165, 1.54) is 6.26 Å². The van der Waals surface area contributed by atoms with Crippen molar-refractivity contribution in [2.24, 2.45) is 0 Å². The Labute approximate surface area is 111 Å². The maximum absolute atomic E-state index is 11.8. The lowest BCUT2D eigenvalue weighted by atomic mass is 10.1. The van der Waals surface area contributed by atoms with Crippen LogP contribution in [0.4, 0.5) is 0 Å². The van der Waals surface area contributed by atoms with Crippen molar-refractivity contribution in [3.05, 3.63) is 46.9 Å². The molecule has 1 atom stereocenters. The first-order valence-electron chi connectivity index (χ1n) is 5.68. The van der Waals surface area contributed by atoms with Crippen molar-refractivity contribution < 1.29 is 14.3 Å². The highest BCUT2D eigenvalue weighted by atomic mass is 35.5. The molecule has 0 fully saturated rings. The molecule has 2 rings (SSSR count). The summed E-state index contributed by atoms with van der Waals surface area (Å²) in [6.45, 7) is 2.77. The molecule has 0 spiro atoms. The number of nitrogens with one attached hydrogen (secondary N) is 1. The molecular formula is C13H14ClNO3. The quantitative estimate of drug-likeness (QED) is 0.915. The Morgan fingerprint density at radius 3 is 2.67 bits per heavy atom. The number of amides is 1. The summed E-state index contributed by atoms with van der Waals surface area (Å²) in [5.41, 5.74) is 0.977. The van der Waals surface area contributed by atoms with Gasteiger partial charge in [-0.25, -0.2) is 0 Å². The highest BCUT2D eigenvalue weighted by molar-refractivity contribution is 6.30. The number of ether oxygens (including phenoxy) is 2. The molecule has 1 amide bonds. The maximum Gasteiger partial charge on any atom is 0.290 e. The van der Waals surface area contributed by atoms with Gasteiger partial charge in [0.05, 0.1) is 6.04 Å². The summed E-state index contributed by atoms with van der Waals surface area (Å²) in [5, 5.41) is 3.50. The first-order chi connectivity index (χ1) is 8.66. The molecule has 1 unspecified atom stereocenters. The van der Waals surface area contributed by atoms with Gasteiger partial charge >= 0.3 is 0 Å². The third-order valence-corrected chi connectivity index (χ3v) is 2.84. The van der Waals surface area contributed by atoms with Gasteiger partial charge in [0.15, 0.2) is 0 Å². The fraction of sp³-hybridized carbons (Fsp3) is 0.308. The molecule has 4 nitrogen and oxygen atoms in total. The molecule has 0 saturated heterocycles. The second kappa shape index (κ2) is 5.78. The first-order valence-corrected chi connectivity index (χ1v) is 6.05. The van der Waals surface area contributed by atoms with E-state index < -0.39 is 0 Å². The van der Waals surface area contributed by atoms with Crippen LogP contribution < -0.4 is 5.32 Å². The van der Waals surface area contributed by atoms with Gasteiger partial charge < -0.3 is 14.8 Å². The lowest BCUT2D eigenvalue weighted by Crippen LogP contribution is -2.30. The van der Waals surface area contributed by atoms with Crippen LogP contribution in [0.25, 0.3) is 0 Å². The smallest absolute Gasteiger partial charge is 0.290 e. The van der Waals surface area contributed by atoms with E-state index in [0.717, 1.165) is 5.56 Å². The van der Waals surface area contributed by atoms with Gasteiger partial charge in [0.2, 0.25) is 5.76 Å². The van der Waals surface area contributed by atoms with Crippen LogP contribution in [-0.4, -0.2) is 19.1 Å². The average molecular weight is 268 g/mol. The van der Waals surface area contributed by atoms with Crippen LogP contribution in [0, 0.1) is 0 Å². The van der Waals surface area contributed by atoms with E-state index in [1.54, 1.807) is 12.1 Å². The summed E-state index contributed by atoms with van der Waals surface area (Å²) >= 11 is 5.81. The monoisotopic (exact) mass is 267 g/mol. The standard InChI is InChI=1S/C13H14ClNO3/c1-9(10-2-4-11(14)5-3-10)15-13(16)12-8-17-6-7-18-12/h2-5,8-9H,6-7H2,1H3,(H,15,16). The molecule has 0 saturated carbocycles. The van der Waals surface area contributed by atoms with E-state index in [0.29, 0.717) is 18.2 Å². The van der Waals surface area contributed by atoms with E-state index >= 15 is 0 Å². The molecule has 1 aliphatic rings. The fourth-order valence-corrected chi connectivity index (χ4v) is 1.72. The van der Waals surface area contributed by atoms with Crippen LogP contribution in [-0.2, 0) is 14.3 Å². The lowest BCUT2D eigenvalue weighted by Gasteiger charge is -2.18. The van der Waals surface area contributed by atoms with Gasteiger partial charge in [0.25, 0.3) is 5.91 Å². The highest BCUT2D eigenvalue weighted by Crippen LogP contribution is 2.16. The molecule has 96 valence electrons. The van der Waals surface area contributed by atoms with Gasteiger partial charge in [0.1, 0.15) is 19.5 Å². The first kappa shape index (κ1) is 12.8. The van der Waals surface area contributed by atoms with E-state index in [2.05, 4.69) is 5.32 Å². The number of hydrogen-bond acceptors (Lipinski definition) is 3. The normalized spacial score (nSPS) is 16.0. The predicted octanol–water partition coefficient (Wildman–Crippen LogP) is 2.41. The molecular weight excluding hydrogens is 254 g/mol. The molecule has 18 heavy (non-hydrogen) atoms. The minimum atomic E-state index is -0.280. The molecule has 0 bridgehead atoms. The van der Waals surface area contributed by atoms with Gasteiger partial charge in [-0.1, -0.05) is 23.7 Å². The summed E-state index contributed by atoms with van der Waals surface area (Å²) < 4.78 is 10.2. The van der Waals surface area contributed by atoms with E-state index in [4.69, 9.17) is 21.1 Å². The van der Waals surface area contributed by atoms with Crippen LogP contribution in [0.5, 0.6) is 0 Å². The number of carbonyl (C=O) groups is 1. The average Bonchev–Trinajstić information content (AvgIpc) is 2.40. The minimum absolute atomic E-state index is 0.124. The van der Waals surface area contributed by atoms with Crippen molar-refractivity contribution >= 4 is 17.5 Å². The topological polar surface area (TPSA) is 47.6 Å². The molecule has 1 aromatic rings. The molecule has 0 radical (unpaired) electrons. The summed E-state index contributed by atoms with van der Waals surface area (Å²) in [6, 6.07) is 7.21. The zero-order valence-electron chi connectivity index (χ0n) is 9.98. The number of halogens is 1. The minimum Gasteiger partial charge on any atom is -0.494 e. The summed E-state index contributed by atoms with van der Waals surface area (Å²) in [7, 11) is 0. The third kappa shape index (κ3) is 3.17. The lowest BCUT2D eigenvalue weighted by molar-refractivity contribution is -0.122. The Morgan fingerprint density at radius 1 is 1.33 bits per heavy atom. The molecule has 1 aromatic carbocycles. The maximum atomic E-state index is 11.8. The summed E-state index contributed by atoms with van der Waals surface area (Å²) in [6.07, 6.45) is 1.34. The van der Waals surface area contributed by atoms with Crippen molar-refractivity contribution in [2.75, 3.05) is 13.2 Å². The van der Waals surface area contributed by atoms with Crippen LogP contribution in [0.3, 0.4) is 0 Å². The summed E-state index contributed by atoms with van der Waals surface area (Å²) in [5.74, 6) is -0.0702. The molecule has 0 aromatic heterocycles. The van der Waals surface area contributed by atoms with Crippen LogP contribution in [0.15, 0.2) is 36.3 Å². The van der Waals surface area contributed by atoms with Crippen LogP contribution in [0.2, 0.25) is 5.02 Å². The third-order valence-electron chi connectivity index (χ3n) is 2.59. The van der Waals surface area contributed by atoms with Gasteiger partial charge in [-0.15, -0.1) is 0 Å². The molecule has 1 heterocycles. The SMILES string of the molecule is CC(NC(=O)C1=COCCO1)c1ccc(Cl)cc1. The van der Waals surface area contributed by atoms with Crippen molar-refractivity contribution in [1.82, 2.24) is 5.32 Å². The molecule has 1 N–H and O–H groups in total. The zero-order valence-corrected chi connectivity index (χ0v) is 10.7. The van der Waals surface area contributed by atoms with Crippen molar-refractivity contribution in [3.8, 4) is 0 Å². The van der Waals surface area contributed by atoms with Crippen molar-refractivity contribution in [2.45, 2.75) is 13.0 Å². The van der Waals surface area contributed by atoms with E-state index in [1.807, 2.05) is 19.1 Å². The van der Waals surface area contributed by atoms with Gasteiger partial charge in [-0.2, -0.15) is 0 Å². The Bertz CT molecular complexity index is 456. The molecule has 1 aliphatic heterocycles. The second-order valence-corrected chi connectivity index (χ2v) is 4.38. The van der Waals surface area contributed by atoms with Gasteiger partial charge in [-0.05, 0) is 24.6 Å². The Morgan fingerprint density at radius 2 is 2.06 bits per heavy atom. The van der Waals surface area contributed by atoms with Crippen molar-refractivity contribution in [1.29, 1.82) is 0 Å². The molecule has 5 heteroatoms. The van der Waals surface area contributed by atoms with Crippen LogP contribution in [0.1, 0.15) is 18.5 Å². The fourth-order valence-electron chi connectivity index (χ4n) is 1.59. The predicted molar refractivity (Wildman–Crippen MR) is 68.0 cm³/mol. The largest absolute Gasteiger partial charge is 0.494 e.